The van der Waals surface area contributed by atoms with Crippen molar-refractivity contribution in [3.8, 4) is 0 Å². The summed E-state index contributed by atoms with van der Waals surface area (Å²) in [7, 11) is 0. The zero-order chi connectivity index (χ0) is 12.8. The number of anilines is 2. The predicted molar refractivity (Wildman–Crippen MR) is 74.0 cm³/mol. The number of hydrogen-bond acceptors (Lipinski definition) is 5. The molecular formula is C12H19ClN4O. The minimum atomic E-state index is 0.561. The van der Waals surface area contributed by atoms with Crippen LogP contribution in [0.1, 0.15) is 6.42 Å². The Bertz CT molecular complexity index is 382. The number of ether oxygens (including phenoxy) is 1. The van der Waals surface area contributed by atoms with Gasteiger partial charge in [0.05, 0.1) is 23.9 Å². The SMILES string of the molecule is Nc1cc(Cl)cnc1NCCCN1CCOCC1. The average Bonchev–Trinajstić information content (AvgIpc) is 2.38. The van der Waals surface area contributed by atoms with Crippen molar-refractivity contribution in [3.05, 3.63) is 17.3 Å². The Morgan fingerprint density at radius 2 is 2.22 bits per heavy atom. The molecule has 0 aliphatic carbocycles. The highest BCUT2D eigenvalue weighted by molar-refractivity contribution is 6.30. The summed E-state index contributed by atoms with van der Waals surface area (Å²) in [5.74, 6) is 0.710. The van der Waals surface area contributed by atoms with Crippen molar-refractivity contribution in [1.82, 2.24) is 9.88 Å². The molecule has 0 spiro atoms. The van der Waals surface area contributed by atoms with Gasteiger partial charge in [0.25, 0.3) is 0 Å². The summed E-state index contributed by atoms with van der Waals surface area (Å²) in [4.78, 5) is 6.57. The van der Waals surface area contributed by atoms with E-state index in [1.165, 1.54) is 0 Å². The van der Waals surface area contributed by atoms with Crippen LogP contribution in [0.15, 0.2) is 12.3 Å². The number of hydrogen-bond donors (Lipinski definition) is 2. The van der Waals surface area contributed by atoms with Gasteiger partial charge in [0.2, 0.25) is 0 Å². The van der Waals surface area contributed by atoms with E-state index >= 15 is 0 Å². The molecule has 0 unspecified atom stereocenters. The first-order chi connectivity index (χ1) is 8.75. The van der Waals surface area contributed by atoms with Gasteiger partial charge in [0.15, 0.2) is 0 Å². The Kier molecular flexibility index (Phi) is 5.04. The van der Waals surface area contributed by atoms with Crippen LogP contribution in [0.5, 0.6) is 0 Å². The summed E-state index contributed by atoms with van der Waals surface area (Å²) in [6, 6.07) is 1.71. The van der Waals surface area contributed by atoms with Gasteiger partial charge in [-0.3, -0.25) is 4.90 Å². The third-order valence-corrected chi connectivity index (χ3v) is 3.14. The van der Waals surface area contributed by atoms with E-state index in [0.29, 0.717) is 16.5 Å². The molecule has 1 aromatic heterocycles. The van der Waals surface area contributed by atoms with E-state index in [9.17, 15) is 0 Å². The molecule has 0 amide bonds. The van der Waals surface area contributed by atoms with Crippen molar-refractivity contribution < 1.29 is 4.74 Å². The van der Waals surface area contributed by atoms with Crippen LogP contribution in [-0.2, 0) is 4.74 Å². The monoisotopic (exact) mass is 270 g/mol. The first-order valence-corrected chi connectivity index (χ1v) is 6.58. The van der Waals surface area contributed by atoms with Crippen molar-refractivity contribution in [1.29, 1.82) is 0 Å². The van der Waals surface area contributed by atoms with Crippen LogP contribution in [0.25, 0.3) is 0 Å². The minimum Gasteiger partial charge on any atom is -0.396 e. The molecule has 1 aliphatic rings. The van der Waals surface area contributed by atoms with E-state index in [1.54, 1.807) is 12.3 Å². The van der Waals surface area contributed by atoms with E-state index in [0.717, 1.165) is 45.8 Å². The average molecular weight is 271 g/mol. The van der Waals surface area contributed by atoms with E-state index in [2.05, 4.69) is 15.2 Å². The smallest absolute Gasteiger partial charge is 0.149 e. The van der Waals surface area contributed by atoms with Crippen LogP contribution in [0.4, 0.5) is 11.5 Å². The normalized spacial score (nSPS) is 16.7. The van der Waals surface area contributed by atoms with Gasteiger partial charge in [-0.25, -0.2) is 4.98 Å². The predicted octanol–water partition coefficient (Wildman–Crippen LogP) is 1.45. The van der Waals surface area contributed by atoms with Crippen molar-refractivity contribution in [2.24, 2.45) is 0 Å². The zero-order valence-corrected chi connectivity index (χ0v) is 11.1. The minimum absolute atomic E-state index is 0.561. The van der Waals surface area contributed by atoms with Gasteiger partial charge in [0.1, 0.15) is 5.82 Å². The topological polar surface area (TPSA) is 63.4 Å². The molecule has 3 N–H and O–H groups in total. The van der Waals surface area contributed by atoms with Crippen LogP contribution in [0, 0.1) is 0 Å². The van der Waals surface area contributed by atoms with Crippen LogP contribution >= 0.6 is 11.6 Å². The Morgan fingerprint density at radius 3 is 2.94 bits per heavy atom. The molecule has 1 saturated heterocycles. The number of pyridine rings is 1. The second kappa shape index (κ2) is 6.78. The molecule has 2 heterocycles. The molecule has 0 radical (unpaired) electrons. The van der Waals surface area contributed by atoms with Crippen LogP contribution < -0.4 is 11.1 Å². The largest absolute Gasteiger partial charge is 0.396 e. The highest BCUT2D eigenvalue weighted by Crippen LogP contribution is 2.19. The van der Waals surface area contributed by atoms with Gasteiger partial charge < -0.3 is 15.8 Å². The number of nitrogens with zero attached hydrogens (tertiary/aromatic N) is 2. The zero-order valence-electron chi connectivity index (χ0n) is 10.4. The molecule has 1 fully saturated rings. The van der Waals surface area contributed by atoms with Gasteiger partial charge in [-0.1, -0.05) is 11.6 Å². The maximum absolute atomic E-state index is 5.81. The lowest BCUT2D eigenvalue weighted by Crippen LogP contribution is -2.37. The number of morpholine rings is 1. The van der Waals surface area contributed by atoms with Crippen molar-refractivity contribution >= 4 is 23.1 Å². The van der Waals surface area contributed by atoms with Gasteiger partial charge in [-0.2, -0.15) is 0 Å². The molecule has 100 valence electrons. The molecule has 0 atom stereocenters. The van der Waals surface area contributed by atoms with Gasteiger partial charge in [-0.15, -0.1) is 0 Å². The molecule has 0 bridgehead atoms. The lowest BCUT2D eigenvalue weighted by Gasteiger charge is -2.26. The summed E-state index contributed by atoms with van der Waals surface area (Å²) in [6.07, 6.45) is 2.66. The van der Waals surface area contributed by atoms with Gasteiger partial charge in [0, 0.05) is 25.8 Å². The third-order valence-electron chi connectivity index (χ3n) is 2.93. The quantitative estimate of drug-likeness (QED) is 0.793. The maximum atomic E-state index is 5.81. The molecular weight excluding hydrogens is 252 g/mol. The Hall–Kier alpha value is -1.04. The fourth-order valence-electron chi connectivity index (χ4n) is 1.94. The highest BCUT2D eigenvalue weighted by atomic mass is 35.5. The molecule has 0 saturated carbocycles. The molecule has 5 nitrogen and oxygen atoms in total. The van der Waals surface area contributed by atoms with E-state index in [-0.39, 0.29) is 0 Å². The third kappa shape index (κ3) is 4.01. The summed E-state index contributed by atoms with van der Waals surface area (Å²) >= 11 is 5.79. The maximum Gasteiger partial charge on any atom is 0.149 e. The fraction of sp³-hybridized carbons (Fsp3) is 0.583. The second-order valence-electron chi connectivity index (χ2n) is 4.33. The summed E-state index contributed by atoms with van der Waals surface area (Å²) in [5.41, 5.74) is 6.40. The molecule has 6 heteroatoms. The summed E-state index contributed by atoms with van der Waals surface area (Å²) in [6.45, 7) is 5.68. The van der Waals surface area contributed by atoms with E-state index < -0.39 is 0 Å². The molecule has 1 aromatic rings. The Labute approximate surface area is 112 Å². The van der Waals surface area contributed by atoms with E-state index in [1.807, 2.05) is 0 Å². The van der Waals surface area contributed by atoms with Gasteiger partial charge >= 0.3 is 0 Å². The number of aromatic nitrogens is 1. The summed E-state index contributed by atoms with van der Waals surface area (Å²) in [5, 5.41) is 3.79. The number of nitrogen functional groups attached to an aromatic ring is 1. The van der Waals surface area contributed by atoms with Crippen molar-refractivity contribution in [2.75, 3.05) is 50.4 Å². The van der Waals surface area contributed by atoms with E-state index in [4.69, 9.17) is 22.1 Å². The number of nitrogens with two attached hydrogens (primary N) is 1. The standard InChI is InChI=1S/C12H19ClN4O/c13-10-8-11(14)12(16-9-10)15-2-1-3-17-4-6-18-7-5-17/h8-9H,1-7,14H2,(H,15,16). The first-order valence-electron chi connectivity index (χ1n) is 6.21. The van der Waals surface area contributed by atoms with Crippen LogP contribution in [-0.4, -0.2) is 49.3 Å². The number of nitrogens with one attached hydrogen (secondary N) is 1. The van der Waals surface area contributed by atoms with Gasteiger partial charge in [-0.05, 0) is 19.0 Å². The Morgan fingerprint density at radius 1 is 1.44 bits per heavy atom. The molecule has 1 aliphatic heterocycles. The lowest BCUT2D eigenvalue weighted by atomic mass is 10.3. The second-order valence-corrected chi connectivity index (χ2v) is 4.76. The van der Waals surface area contributed by atoms with Crippen molar-refractivity contribution in [3.63, 3.8) is 0 Å². The molecule has 2 rings (SSSR count). The number of halogens is 1. The van der Waals surface area contributed by atoms with Crippen LogP contribution in [0.2, 0.25) is 5.02 Å². The number of rotatable bonds is 5. The highest BCUT2D eigenvalue weighted by Gasteiger charge is 2.09. The molecule has 0 aromatic carbocycles. The first kappa shape index (κ1) is 13.4. The fourth-order valence-corrected chi connectivity index (χ4v) is 2.10. The van der Waals surface area contributed by atoms with Crippen LogP contribution in [0.3, 0.4) is 0 Å². The Balaban J connectivity index is 1.68. The molecule has 18 heavy (non-hydrogen) atoms. The summed E-state index contributed by atoms with van der Waals surface area (Å²) < 4.78 is 5.31. The van der Waals surface area contributed by atoms with Crippen molar-refractivity contribution in [2.45, 2.75) is 6.42 Å². The lowest BCUT2D eigenvalue weighted by molar-refractivity contribution is 0.0378.